The van der Waals surface area contributed by atoms with E-state index >= 15 is 0 Å². The Labute approximate surface area is 276 Å². The van der Waals surface area contributed by atoms with Gasteiger partial charge in [0.25, 0.3) is 0 Å². The van der Waals surface area contributed by atoms with E-state index in [0.29, 0.717) is 66.1 Å². The zero-order chi connectivity index (χ0) is 31.7. The number of fused-ring (bicyclic) bond motifs is 10. The molecular weight excluding hydrogens is 592 g/mol. The summed E-state index contributed by atoms with van der Waals surface area (Å²) in [5, 5.41) is 0. The first-order chi connectivity index (χ1) is 23.4. The molecule has 0 bridgehead atoms. The molecule has 3 aliphatic rings. The summed E-state index contributed by atoms with van der Waals surface area (Å²) in [5.41, 5.74) is 11.0. The average Bonchev–Trinajstić information content (AvgIpc) is 3.58. The van der Waals surface area contributed by atoms with Crippen LogP contribution in [0.25, 0.3) is 22.3 Å². The van der Waals surface area contributed by atoms with E-state index in [2.05, 4.69) is 103 Å². The van der Waals surface area contributed by atoms with Gasteiger partial charge in [0.1, 0.15) is 19.5 Å². The van der Waals surface area contributed by atoms with E-state index in [1.165, 1.54) is 44.5 Å². The average molecular weight is 633 g/mol. The van der Waals surface area contributed by atoms with Crippen LogP contribution in [0, 0.1) is 11.8 Å². The fraction of sp³-hybridized carbons (Fsp3) is 0.350. The molecule has 7 heteroatoms. The molecule has 7 nitrogen and oxygen atoms in total. The van der Waals surface area contributed by atoms with Gasteiger partial charge in [-0.25, -0.2) is 0 Å². The molecule has 4 aromatic rings. The van der Waals surface area contributed by atoms with Gasteiger partial charge in [0.15, 0.2) is 0 Å². The molecule has 0 amide bonds. The van der Waals surface area contributed by atoms with Crippen molar-refractivity contribution in [2.45, 2.75) is 11.5 Å². The molecule has 0 aromatic heterocycles. The van der Waals surface area contributed by atoms with Crippen molar-refractivity contribution < 1.29 is 33.2 Å². The molecule has 4 aromatic carbocycles. The molecule has 1 heterocycles. The van der Waals surface area contributed by atoms with E-state index in [1.54, 1.807) is 0 Å². The standard InChI is InChI=1S/C40H40O7/c1-4-12-36-32(9-1)33-10-2-5-13-37(33)40(36)38-14-6-3-11-34(38)35-16-15-30(26-39(35)40)8-7-17-44-27-31-28-45-24-22-42-20-18-41-19-21-43-23-25-46-29-47-31/h1-6,9-16,26,31H,17-25,27-29H2. The second-order valence-corrected chi connectivity index (χ2v) is 11.7. The van der Waals surface area contributed by atoms with E-state index in [9.17, 15) is 0 Å². The van der Waals surface area contributed by atoms with Gasteiger partial charge in [0.2, 0.25) is 0 Å². The minimum absolute atomic E-state index is 0.130. The van der Waals surface area contributed by atoms with Gasteiger partial charge >= 0.3 is 0 Å². The first-order valence-corrected chi connectivity index (χ1v) is 16.4. The Bertz CT molecular complexity index is 1640. The van der Waals surface area contributed by atoms with Gasteiger partial charge in [-0.2, -0.15) is 0 Å². The SMILES string of the molecule is C(#Cc1ccc2c(c1)C1(c3ccccc3-c3ccccc31)c1ccccc1-2)COCC1COCCOCCOCCOCCOCO1. The lowest BCUT2D eigenvalue weighted by Crippen LogP contribution is -2.28. The van der Waals surface area contributed by atoms with E-state index in [4.69, 9.17) is 33.2 Å². The predicted molar refractivity (Wildman–Crippen MR) is 179 cm³/mol. The van der Waals surface area contributed by atoms with Gasteiger partial charge in [0, 0.05) is 5.56 Å². The van der Waals surface area contributed by atoms with Crippen LogP contribution < -0.4 is 0 Å². The summed E-state index contributed by atoms with van der Waals surface area (Å²) in [7, 11) is 0. The fourth-order valence-electron chi connectivity index (χ4n) is 6.89. The molecule has 1 unspecified atom stereocenters. The summed E-state index contributed by atoms with van der Waals surface area (Å²) in [6.07, 6.45) is -0.294. The first kappa shape index (κ1) is 31.7. The van der Waals surface area contributed by atoms with Crippen molar-refractivity contribution in [3.63, 3.8) is 0 Å². The van der Waals surface area contributed by atoms with Crippen LogP contribution in [-0.2, 0) is 38.6 Å². The van der Waals surface area contributed by atoms with Crippen LogP contribution in [-0.4, -0.2) is 85.6 Å². The Kier molecular flexibility index (Phi) is 10.4. The fourth-order valence-corrected chi connectivity index (χ4v) is 6.89. The highest BCUT2D eigenvalue weighted by atomic mass is 16.7. The van der Waals surface area contributed by atoms with Gasteiger partial charge in [-0.1, -0.05) is 90.7 Å². The molecule has 242 valence electrons. The molecule has 1 saturated heterocycles. The molecule has 7 rings (SSSR count). The van der Waals surface area contributed by atoms with Gasteiger partial charge < -0.3 is 33.2 Å². The van der Waals surface area contributed by atoms with Gasteiger partial charge in [0.05, 0.1) is 71.5 Å². The van der Waals surface area contributed by atoms with Gasteiger partial charge in [-0.05, 0) is 56.6 Å². The third kappa shape index (κ3) is 6.64. The third-order valence-electron chi connectivity index (χ3n) is 8.89. The van der Waals surface area contributed by atoms with Crippen LogP contribution in [0.1, 0.15) is 27.8 Å². The van der Waals surface area contributed by atoms with Crippen LogP contribution in [0.2, 0.25) is 0 Å². The molecule has 1 spiro atoms. The lowest BCUT2D eigenvalue weighted by molar-refractivity contribution is -0.135. The molecule has 1 atom stereocenters. The number of hydrogen-bond donors (Lipinski definition) is 0. The Morgan fingerprint density at radius 1 is 0.574 bits per heavy atom. The Morgan fingerprint density at radius 2 is 1.09 bits per heavy atom. The predicted octanol–water partition coefficient (Wildman–Crippen LogP) is 5.84. The normalized spacial score (nSPS) is 19.4. The zero-order valence-electron chi connectivity index (χ0n) is 26.6. The Hall–Kier alpha value is -3.84. The summed E-state index contributed by atoms with van der Waals surface area (Å²) in [6.45, 7) is 5.06. The monoisotopic (exact) mass is 632 g/mol. The van der Waals surface area contributed by atoms with Crippen LogP contribution in [0.5, 0.6) is 0 Å². The van der Waals surface area contributed by atoms with E-state index in [-0.39, 0.29) is 24.9 Å². The number of hydrogen-bond acceptors (Lipinski definition) is 7. The minimum atomic E-state index is -0.374. The highest BCUT2D eigenvalue weighted by Gasteiger charge is 2.51. The molecule has 47 heavy (non-hydrogen) atoms. The van der Waals surface area contributed by atoms with E-state index in [1.807, 2.05) is 0 Å². The molecule has 0 radical (unpaired) electrons. The van der Waals surface area contributed by atoms with Crippen molar-refractivity contribution in [3.05, 3.63) is 119 Å². The molecule has 1 fully saturated rings. The highest BCUT2D eigenvalue weighted by molar-refractivity contribution is 5.95. The second kappa shape index (κ2) is 15.4. The third-order valence-corrected chi connectivity index (χ3v) is 8.89. The molecule has 2 aliphatic carbocycles. The number of benzene rings is 4. The molecule has 0 N–H and O–H groups in total. The van der Waals surface area contributed by atoms with Crippen molar-refractivity contribution in [2.24, 2.45) is 0 Å². The van der Waals surface area contributed by atoms with E-state index < -0.39 is 0 Å². The lowest BCUT2D eigenvalue weighted by Gasteiger charge is -2.30. The van der Waals surface area contributed by atoms with Crippen LogP contribution in [0.15, 0.2) is 91.0 Å². The highest BCUT2D eigenvalue weighted by Crippen LogP contribution is 2.62. The van der Waals surface area contributed by atoms with Crippen molar-refractivity contribution in [1.29, 1.82) is 0 Å². The summed E-state index contributed by atoms with van der Waals surface area (Å²) in [5.74, 6) is 6.59. The minimum Gasteiger partial charge on any atom is -0.377 e. The van der Waals surface area contributed by atoms with Gasteiger partial charge in [-0.3, -0.25) is 0 Å². The summed E-state index contributed by atoms with van der Waals surface area (Å²) < 4.78 is 39.7. The number of ether oxygens (including phenoxy) is 7. The summed E-state index contributed by atoms with van der Waals surface area (Å²) in [6, 6.07) is 33.1. The van der Waals surface area contributed by atoms with Crippen molar-refractivity contribution in [3.8, 4) is 34.1 Å². The summed E-state index contributed by atoms with van der Waals surface area (Å²) in [4.78, 5) is 0. The smallest absolute Gasteiger partial charge is 0.147 e. The maximum absolute atomic E-state index is 5.94. The molecule has 1 aliphatic heterocycles. The largest absolute Gasteiger partial charge is 0.377 e. The van der Waals surface area contributed by atoms with Crippen LogP contribution in [0.3, 0.4) is 0 Å². The maximum Gasteiger partial charge on any atom is 0.147 e. The maximum atomic E-state index is 5.94. The second-order valence-electron chi connectivity index (χ2n) is 11.7. The van der Waals surface area contributed by atoms with Crippen molar-refractivity contribution in [2.75, 3.05) is 79.5 Å². The lowest BCUT2D eigenvalue weighted by atomic mass is 9.70. The molecular formula is C40H40O7. The van der Waals surface area contributed by atoms with E-state index in [0.717, 1.165) is 5.56 Å². The van der Waals surface area contributed by atoms with Crippen molar-refractivity contribution >= 4 is 0 Å². The quantitative estimate of drug-likeness (QED) is 0.180. The number of rotatable bonds is 3. The topological polar surface area (TPSA) is 64.6 Å². The Balaban J connectivity index is 1.05. The Morgan fingerprint density at radius 3 is 1.68 bits per heavy atom. The van der Waals surface area contributed by atoms with Crippen molar-refractivity contribution in [1.82, 2.24) is 0 Å². The first-order valence-electron chi connectivity index (χ1n) is 16.4. The molecule has 0 saturated carbocycles. The zero-order valence-corrected chi connectivity index (χ0v) is 26.6. The van der Waals surface area contributed by atoms with Crippen LogP contribution >= 0.6 is 0 Å². The van der Waals surface area contributed by atoms with Crippen LogP contribution in [0.4, 0.5) is 0 Å². The summed E-state index contributed by atoms with van der Waals surface area (Å²) >= 11 is 0. The van der Waals surface area contributed by atoms with Gasteiger partial charge in [-0.15, -0.1) is 0 Å².